The Labute approximate surface area is 118 Å². The van der Waals surface area contributed by atoms with Crippen molar-refractivity contribution in [2.45, 2.75) is 4.90 Å². The van der Waals surface area contributed by atoms with E-state index in [-0.39, 0.29) is 16.4 Å². The SMILES string of the molecule is N#Cc1ccc(S(=O)(=O)Nc2ccc(Br)cn2)cn1. The summed E-state index contributed by atoms with van der Waals surface area (Å²) in [5.74, 6) is 0.201. The number of anilines is 1. The molecule has 0 aliphatic carbocycles. The quantitative estimate of drug-likeness (QED) is 0.922. The molecular formula is C11H7BrN4O2S. The molecule has 0 aromatic carbocycles. The summed E-state index contributed by atoms with van der Waals surface area (Å²) in [6, 6.07) is 7.66. The van der Waals surface area contributed by atoms with Crippen LogP contribution in [-0.4, -0.2) is 18.4 Å². The van der Waals surface area contributed by atoms with Gasteiger partial charge in [0.25, 0.3) is 10.0 Å². The Bertz CT molecular complexity index is 721. The Morgan fingerprint density at radius 2 is 1.95 bits per heavy atom. The lowest BCUT2D eigenvalue weighted by molar-refractivity contribution is 0.600. The molecule has 0 unspecified atom stereocenters. The number of halogens is 1. The first-order valence-electron chi connectivity index (χ1n) is 5.02. The summed E-state index contributed by atoms with van der Waals surface area (Å²) in [6.07, 6.45) is 2.61. The van der Waals surface area contributed by atoms with Gasteiger partial charge in [-0.3, -0.25) is 4.72 Å². The third-order valence-corrected chi connectivity index (χ3v) is 3.94. The van der Waals surface area contributed by atoms with Crippen LogP contribution >= 0.6 is 15.9 Å². The largest absolute Gasteiger partial charge is 0.264 e. The highest BCUT2D eigenvalue weighted by Crippen LogP contribution is 2.15. The van der Waals surface area contributed by atoms with E-state index in [1.807, 2.05) is 6.07 Å². The Morgan fingerprint density at radius 3 is 2.47 bits per heavy atom. The first-order chi connectivity index (χ1) is 9.01. The van der Waals surface area contributed by atoms with E-state index in [9.17, 15) is 8.42 Å². The Hall–Kier alpha value is -1.98. The van der Waals surface area contributed by atoms with Gasteiger partial charge < -0.3 is 0 Å². The molecule has 2 rings (SSSR count). The molecule has 2 aromatic heterocycles. The van der Waals surface area contributed by atoms with Gasteiger partial charge in [0.15, 0.2) is 0 Å². The van der Waals surface area contributed by atoms with Crippen LogP contribution in [0.2, 0.25) is 0 Å². The summed E-state index contributed by atoms with van der Waals surface area (Å²) in [7, 11) is -3.75. The van der Waals surface area contributed by atoms with E-state index in [0.29, 0.717) is 0 Å². The Kier molecular flexibility index (Phi) is 3.78. The van der Waals surface area contributed by atoms with E-state index >= 15 is 0 Å². The highest BCUT2D eigenvalue weighted by Gasteiger charge is 2.15. The number of sulfonamides is 1. The van der Waals surface area contributed by atoms with Gasteiger partial charge >= 0.3 is 0 Å². The molecule has 0 saturated carbocycles. The highest BCUT2D eigenvalue weighted by molar-refractivity contribution is 9.10. The van der Waals surface area contributed by atoms with Crippen molar-refractivity contribution in [2.24, 2.45) is 0 Å². The summed E-state index contributed by atoms with van der Waals surface area (Å²) < 4.78 is 27.1. The summed E-state index contributed by atoms with van der Waals surface area (Å²) in [5.41, 5.74) is 0.153. The first-order valence-corrected chi connectivity index (χ1v) is 7.29. The van der Waals surface area contributed by atoms with E-state index in [2.05, 4.69) is 30.6 Å². The molecule has 2 aromatic rings. The number of pyridine rings is 2. The van der Waals surface area contributed by atoms with Crippen LogP contribution in [0.5, 0.6) is 0 Å². The minimum atomic E-state index is -3.75. The molecule has 8 heteroatoms. The van der Waals surface area contributed by atoms with Crippen molar-refractivity contribution in [1.82, 2.24) is 9.97 Å². The molecule has 0 fully saturated rings. The van der Waals surface area contributed by atoms with Crippen LogP contribution in [0.25, 0.3) is 0 Å². The lowest BCUT2D eigenvalue weighted by atomic mass is 10.4. The predicted octanol–water partition coefficient (Wildman–Crippen LogP) is 1.91. The second-order valence-electron chi connectivity index (χ2n) is 3.46. The molecule has 0 radical (unpaired) electrons. The van der Waals surface area contributed by atoms with Gasteiger partial charge in [0.05, 0.1) is 0 Å². The van der Waals surface area contributed by atoms with Gasteiger partial charge in [-0.25, -0.2) is 18.4 Å². The number of nitrogens with one attached hydrogen (secondary N) is 1. The fraction of sp³-hybridized carbons (Fsp3) is 0. The molecule has 6 nitrogen and oxygen atoms in total. The van der Waals surface area contributed by atoms with Gasteiger partial charge in [0.2, 0.25) is 0 Å². The van der Waals surface area contributed by atoms with Crippen LogP contribution in [0.15, 0.2) is 46.0 Å². The standard InChI is InChI=1S/C11H7BrN4O2S/c12-8-1-4-11(15-6-8)16-19(17,18)10-3-2-9(5-13)14-7-10/h1-4,6-7H,(H,15,16). The molecule has 1 N–H and O–H groups in total. The number of rotatable bonds is 3. The van der Waals surface area contributed by atoms with Crippen LogP contribution in [0.1, 0.15) is 5.69 Å². The maximum Gasteiger partial charge on any atom is 0.264 e. The molecule has 0 bridgehead atoms. The fourth-order valence-corrected chi connectivity index (χ4v) is 2.43. The van der Waals surface area contributed by atoms with Crippen molar-refractivity contribution in [1.29, 1.82) is 5.26 Å². The highest BCUT2D eigenvalue weighted by atomic mass is 79.9. The van der Waals surface area contributed by atoms with Crippen molar-refractivity contribution in [3.63, 3.8) is 0 Å². The zero-order valence-corrected chi connectivity index (χ0v) is 11.8. The number of nitrogens with zero attached hydrogens (tertiary/aromatic N) is 3. The van der Waals surface area contributed by atoms with Gasteiger partial charge in [0, 0.05) is 16.9 Å². The summed E-state index contributed by atoms with van der Waals surface area (Å²) in [4.78, 5) is 7.59. The van der Waals surface area contributed by atoms with E-state index in [0.717, 1.165) is 10.7 Å². The number of nitriles is 1. The average molecular weight is 339 g/mol. The molecule has 2 heterocycles. The van der Waals surface area contributed by atoms with Gasteiger partial charge in [0.1, 0.15) is 22.5 Å². The lowest BCUT2D eigenvalue weighted by Gasteiger charge is -2.06. The van der Waals surface area contributed by atoms with Gasteiger partial charge in [-0.05, 0) is 40.2 Å². The van der Waals surface area contributed by atoms with Crippen molar-refractivity contribution >= 4 is 31.8 Å². The van der Waals surface area contributed by atoms with Crippen LogP contribution in [-0.2, 0) is 10.0 Å². The van der Waals surface area contributed by atoms with Crippen molar-refractivity contribution < 1.29 is 8.42 Å². The molecule has 0 aliphatic heterocycles. The van der Waals surface area contributed by atoms with E-state index < -0.39 is 10.0 Å². The molecular weight excluding hydrogens is 332 g/mol. The average Bonchev–Trinajstić information content (AvgIpc) is 2.41. The summed E-state index contributed by atoms with van der Waals surface area (Å²) >= 11 is 3.21. The van der Waals surface area contributed by atoms with Crippen LogP contribution in [0.4, 0.5) is 5.82 Å². The van der Waals surface area contributed by atoms with Crippen LogP contribution in [0, 0.1) is 11.3 Å². The van der Waals surface area contributed by atoms with Gasteiger partial charge in [-0.15, -0.1) is 0 Å². The van der Waals surface area contributed by atoms with Gasteiger partial charge in [-0.2, -0.15) is 5.26 Å². The Balaban J connectivity index is 2.27. The third kappa shape index (κ3) is 3.27. The second kappa shape index (κ2) is 5.34. The number of aromatic nitrogens is 2. The van der Waals surface area contributed by atoms with Crippen LogP contribution < -0.4 is 4.72 Å². The molecule has 0 amide bonds. The topological polar surface area (TPSA) is 95.7 Å². The van der Waals surface area contributed by atoms with Crippen molar-refractivity contribution in [3.8, 4) is 6.07 Å². The third-order valence-electron chi connectivity index (χ3n) is 2.13. The smallest absolute Gasteiger partial charge is 0.263 e. The van der Waals surface area contributed by atoms with E-state index in [4.69, 9.17) is 5.26 Å². The van der Waals surface area contributed by atoms with E-state index in [1.54, 1.807) is 6.07 Å². The minimum Gasteiger partial charge on any atom is -0.263 e. The zero-order chi connectivity index (χ0) is 13.9. The normalized spacial score (nSPS) is 10.7. The fourth-order valence-electron chi connectivity index (χ4n) is 1.24. The lowest BCUT2D eigenvalue weighted by Crippen LogP contribution is -2.14. The minimum absolute atomic E-state index is 0.0313. The molecule has 0 atom stereocenters. The Morgan fingerprint density at radius 1 is 1.16 bits per heavy atom. The van der Waals surface area contributed by atoms with E-state index in [1.165, 1.54) is 24.4 Å². The molecule has 0 spiro atoms. The van der Waals surface area contributed by atoms with Crippen LogP contribution in [0.3, 0.4) is 0 Å². The number of hydrogen-bond donors (Lipinski definition) is 1. The first kappa shape index (κ1) is 13.5. The molecule has 19 heavy (non-hydrogen) atoms. The monoisotopic (exact) mass is 338 g/mol. The molecule has 96 valence electrons. The predicted molar refractivity (Wildman–Crippen MR) is 71.7 cm³/mol. The van der Waals surface area contributed by atoms with Crippen molar-refractivity contribution in [2.75, 3.05) is 4.72 Å². The zero-order valence-electron chi connectivity index (χ0n) is 9.41. The maximum absolute atomic E-state index is 12.0. The summed E-state index contributed by atoms with van der Waals surface area (Å²) in [6.45, 7) is 0. The van der Waals surface area contributed by atoms with Gasteiger partial charge in [-0.1, -0.05) is 0 Å². The molecule has 0 saturated heterocycles. The van der Waals surface area contributed by atoms with Crippen molar-refractivity contribution in [3.05, 3.63) is 46.8 Å². The second-order valence-corrected chi connectivity index (χ2v) is 6.06. The maximum atomic E-state index is 12.0. The number of hydrogen-bond acceptors (Lipinski definition) is 5. The summed E-state index contributed by atoms with van der Waals surface area (Å²) in [5, 5.41) is 8.60. The molecule has 0 aliphatic rings.